The molecule has 0 bridgehead atoms. The highest BCUT2D eigenvalue weighted by molar-refractivity contribution is 5.73. The van der Waals surface area contributed by atoms with Crippen LogP contribution in [0.2, 0.25) is 0 Å². The van der Waals surface area contributed by atoms with Gasteiger partial charge in [-0.15, -0.1) is 0 Å². The van der Waals surface area contributed by atoms with Crippen LogP contribution < -0.4 is 10.6 Å². The highest BCUT2D eigenvalue weighted by Crippen LogP contribution is 2.10. The normalized spacial score (nSPS) is 11.1. The summed E-state index contributed by atoms with van der Waals surface area (Å²) in [6, 6.07) is -0.0725. The van der Waals surface area contributed by atoms with Gasteiger partial charge in [0.05, 0.1) is 19.8 Å². The lowest BCUT2D eigenvalue weighted by Gasteiger charge is -2.06. The van der Waals surface area contributed by atoms with Gasteiger partial charge in [-0.2, -0.15) is 0 Å². The number of hydrogen-bond acceptors (Lipinski definition) is 5. The Kier molecular flexibility index (Phi) is 25.4. The van der Waals surface area contributed by atoms with Crippen molar-refractivity contribution in [3.63, 3.8) is 0 Å². The number of unbranched alkanes of at least 4 members (excludes halogenated alkanes) is 9. The third-order valence-electron chi connectivity index (χ3n) is 5.05. The summed E-state index contributed by atoms with van der Waals surface area (Å²) in [6.07, 6.45) is 18.6. The molecule has 0 unspecified atom stereocenters. The summed E-state index contributed by atoms with van der Waals surface area (Å²) in [6.45, 7) is 8.07. The van der Waals surface area contributed by atoms with Gasteiger partial charge < -0.3 is 24.8 Å². The molecule has 194 valence electrons. The Hall–Kier alpha value is -1.60. The van der Waals surface area contributed by atoms with Crippen molar-refractivity contribution in [2.45, 2.75) is 97.3 Å². The Morgan fingerprint density at radius 2 is 1.24 bits per heavy atom. The number of nitrogens with one attached hydrogen (secondary N) is 2. The zero-order chi connectivity index (χ0) is 24.2. The van der Waals surface area contributed by atoms with Gasteiger partial charge in [-0.25, -0.2) is 4.79 Å². The second-order valence-electron chi connectivity index (χ2n) is 8.21. The van der Waals surface area contributed by atoms with Crippen molar-refractivity contribution in [1.29, 1.82) is 0 Å². The van der Waals surface area contributed by atoms with E-state index in [0.717, 1.165) is 58.1 Å². The second kappa shape index (κ2) is 26.7. The number of amides is 2. The molecule has 0 spiro atoms. The molecule has 0 heterocycles. The number of allylic oxidation sites excluding steroid dienone is 2. The molecule has 2 amide bonds. The third-order valence-corrected chi connectivity index (χ3v) is 5.05. The topological polar surface area (TPSA) is 85.9 Å². The summed E-state index contributed by atoms with van der Waals surface area (Å²) >= 11 is 0. The van der Waals surface area contributed by atoms with Crippen molar-refractivity contribution < 1.29 is 23.8 Å². The fourth-order valence-electron chi connectivity index (χ4n) is 3.22. The van der Waals surface area contributed by atoms with E-state index in [9.17, 15) is 9.59 Å². The SMILES string of the molecule is CCCOCCOCCOC(=O)CCCCCCCCC/C=C\CCCCNC(=O)NCC. The monoisotopic (exact) mass is 470 g/mol. The minimum atomic E-state index is -0.120. The molecule has 0 aromatic rings. The van der Waals surface area contributed by atoms with E-state index in [1.165, 1.54) is 32.1 Å². The van der Waals surface area contributed by atoms with Gasteiger partial charge in [0, 0.05) is 26.1 Å². The van der Waals surface area contributed by atoms with Crippen LogP contribution in [0.4, 0.5) is 4.79 Å². The Bertz CT molecular complexity index is 472. The molecule has 0 aromatic heterocycles. The van der Waals surface area contributed by atoms with Gasteiger partial charge in [0.15, 0.2) is 0 Å². The van der Waals surface area contributed by atoms with E-state index in [-0.39, 0.29) is 12.0 Å². The third kappa shape index (κ3) is 26.5. The first-order valence-electron chi connectivity index (χ1n) is 13.2. The number of ether oxygens (including phenoxy) is 3. The van der Waals surface area contributed by atoms with E-state index >= 15 is 0 Å². The first-order chi connectivity index (χ1) is 16.2. The van der Waals surface area contributed by atoms with Crippen molar-refractivity contribution in [3.05, 3.63) is 12.2 Å². The zero-order valence-corrected chi connectivity index (χ0v) is 21.3. The molecule has 0 fully saturated rings. The molecule has 0 saturated carbocycles. The van der Waals surface area contributed by atoms with Gasteiger partial charge in [0.1, 0.15) is 6.61 Å². The van der Waals surface area contributed by atoms with Crippen molar-refractivity contribution in [2.24, 2.45) is 0 Å². The van der Waals surface area contributed by atoms with Crippen LogP contribution in [0.3, 0.4) is 0 Å². The van der Waals surface area contributed by atoms with Gasteiger partial charge in [0.25, 0.3) is 0 Å². The lowest BCUT2D eigenvalue weighted by molar-refractivity contribution is -0.145. The van der Waals surface area contributed by atoms with Crippen molar-refractivity contribution in [1.82, 2.24) is 10.6 Å². The molecule has 0 aromatic carbocycles. The van der Waals surface area contributed by atoms with Gasteiger partial charge in [-0.1, -0.05) is 51.2 Å². The van der Waals surface area contributed by atoms with E-state index in [2.05, 4.69) is 29.7 Å². The maximum Gasteiger partial charge on any atom is 0.314 e. The molecule has 0 aliphatic rings. The Balaban J connectivity index is 3.23. The summed E-state index contributed by atoms with van der Waals surface area (Å²) in [7, 11) is 0. The second-order valence-corrected chi connectivity index (χ2v) is 8.21. The minimum Gasteiger partial charge on any atom is -0.463 e. The number of esters is 1. The maximum absolute atomic E-state index is 11.7. The molecule has 33 heavy (non-hydrogen) atoms. The Labute approximate surface area is 202 Å². The lowest BCUT2D eigenvalue weighted by Crippen LogP contribution is -2.35. The number of urea groups is 1. The highest BCUT2D eigenvalue weighted by Gasteiger charge is 2.02. The first-order valence-corrected chi connectivity index (χ1v) is 13.2. The van der Waals surface area contributed by atoms with Crippen LogP contribution in [-0.4, -0.2) is 58.1 Å². The van der Waals surface area contributed by atoms with E-state index < -0.39 is 0 Å². The highest BCUT2D eigenvalue weighted by atomic mass is 16.6. The van der Waals surface area contributed by atoms with E-state index in [1.54, 1.807) is 0 Å². The van der Waals surface area contributed by atoms with Crippen LogP contribution in [0.5, 0.6) is 0 Å². The van der Waals surface area contributed by atoms with Crippen molar-refractivity contribution >= 4 is 12.0 Å². The number of rotatable bonds is 24. The average molecular weight is 471 g/mol. The maximum atomic E-state index is 11.7. The van der Waals surface area contributed by atoms with Gasteiger partial charge in [-0.3, -0.25) is 4.79 Å². The van der Waals surface area contributed by atoms with Crippen molar-refractivity contribution in [2.75, 3.05) is 46.1 Å². The molecule has 0 aliphatic carbocycles. The van der Waals surface area contributed by atoms with Crippen molar-refractivity contribution in [3.8, 4) is 0 Å². The van der Waals surface area contributed by atoms with Crippen LogP contribution >= 0.6 is 0 Å². The standard InChI is InChI=1S/C26H50N2O5/c1-3-20-31-21-22-32-23-24-33-25(29)18-16-14-12-10-8-6-5-7-9-11-13-15-17-19-28-26(30)27-4-2/h9,11H,3-8,10,12-24H2,1-2H3,(H2,27,28,30)/b11-9-. The molecular weight excluding hydrogens is 420 g/mol. The zero-order valence-electron chi connectivity index (χ0n) is 21.3. The lowest BCUT2D eigenvalue weighted by atomic mass is 10.1. The Morgan fingerprint density at radius 3 is 1.91 bits per heavy atom. The number of carbonyl (C=O) groups is 2. The van der Waals surface area contributed by atoms with Crippen LogP contribution in [-0.2, 0) is 19.0 Å². The molecule has 0 radical (unpaired) electrons. The summed E-state index contributed by atoms with van der Waals surface area (Å²) in [5.74, 6) is -0.120. The Morgan fingerprint density at radius 1 is 0.667 bits per heavy atom. The van der Waals surface area contributed by atoms with Crippen LogP contribution in [0.15, 0.2) is 12.2 Å². The predicted octanol–water partition coefficient (Wildman–Crippen LogP) is 5.53. The number of hydrogen-bond donors (Lipinski definition) is 2. The van der Waals surface area contributed by atoms with Gasteiger partial charge in [-0.05, 0) is 51.9 Å². The smallest absolute Gasteiger partial charge is 0.314 e. The molecule has 0 aliphatic heterocycles. The molecule has 0 rings (SSSR count). The fourth-order valence-corrected chi connectivity index (χ4v) is 3.22. The van der Waals surface area contributed by atoms with Crippen LogP contribution in [0.1, 0.15) is 97.3 Å². The first kappa shape index (κ1) is 31.4. The summed E-state index contributed by atoms with van der Waals surface area (Å²) in [5.41, 5.74) is 0. The van der Waals surface area contributed by atoms with Gasteiger partial charge in [0.2, 0.25) is 0 Å². The minimum absolute atomic E-state index is 0.0725. The molecular formula is C26H50N2O5. The summed E-state index contributed by atoms with van der Waals surface area (Å²) in [4.78, 5) is 22.9. The fraction of sp³-hybridized carbons (Fsp3) is 0.846. The molecule has 7 nitrogen and oxygen atoms in total. The van der Waals surface area contributed by atoms with E-state index in [1.807, 2.05) is 6.92 Å². The molecule has 2 N–H and O–H groups in total. The summed E-state index contributed by atoms with van der Waals surface area (Å²) in [5, 5.41) is 5.57. The number of carbonyl (C=O) groups excluding carboxylic acids is 2. The molecule has 0 saturated heterocycles. The quantitative estimate of drug-likeness (QED) is 0.110. The summed E-state index contributed by atoms with van der Waals surface area (Å²) < 4.78 is 15.8. The van der Waals surface area contributed by atoms with E-state index in [4.69, 9.17) is 14.2 Å². The van der Waals surface area contributed by atoms with Crippen LogP contribution in [0, 0.1) is 0 Å². The van der Waals surface area contributed by atoms with Crippen LogP contribution in [0.25, 0.3) is 0 Å². The molecule has 7 heteroatoms. The largest absolute Gasteiger partial charge is 0.463 e. The average Bonchev–Trinajstić information content (AvgIpc) is 2.80. The predicted molar refractivity (Wildman–Crippen MR) is 135 cm³/mol. The van der Waals surface area contributed by atoms with E-state index in [0.29, 0.717) is 39.4 Å². The van der Waals surface area contributed by atoms with Gasteiger partial charge >= 0.3 is 12.0 Å². The molecule has 0 atom stereocenters.